The van der Waals surface area contributed by atoms with Crippen molar-refractivity contribution in [2.24, 2.45) is 7.05 Å². The van der Waals surface area contributed by atoms with Gasteiger partial charge in [0.25, 0.3) is 0 Å². The molecule has 0 aliphatic carbocycles. The Morgan fingerprint density at radius 2 is 1.50 bits per heavy atom. The molecule has 5 heteroatoms. The monoisotopic (exact) mass is 285 g/mol. The Morgan fingerprint density at radius 1 is 0.900 bits per heavy atom. The van der Waals surface area contributed by atoms with Crippen molar-refractivity contribution in [2.75, 3.05) is 39.6 Å². The Labute approximate surface area is 122 Å². The number of rotatable bonds is 13. The zero-order valence-corrected chi connectivity index (χ0v) is 12.9. The number of aromatic nitrogens is 2. The molecular weight excluding hydrogens is 256 g/mol. The van der Waals surface area contributed by atoms with E-state index in [-0.39, 0.29) is 0 Å². The fourth-order valence-electron chi connectivity index (χ4n) is 1.77. The Bertz CT molecular complexity index is 329. The van der Waals surface area contributed by atoms with Crippen molar-refractivity contribution < 1.29 is 18.8 Å². The summed E-state index contributed by atoms with van der Waals surface area (Å²) in [6.45, 7) is 7.42. The van der Waals surface area contributed by atoms with Crippen LogP contribution in [0.25, 0.3) is 0 Å². The Balaban J connectivity index is 1.76. The maximum Gasteiger partial charge on any atom is 0.243 e. The molecule has 116 valence electrons. The average molecular weight is 285 g/mol. The molecule has 0 saturated carbocycles. The van der Waals surface area contributed by atoms with Crippen LogP contribution in [0.15, 0.2) is 18.7 Å². The zero-order valence-electron chi connectivity index (χ0n) is 12.9. The van der Waals surface area contributed by atoms with E-state index in [1.54, 1.807) is 0 Å². The molecule has 0 atom stereocenters. The van der Waals surface area contributed by atoms with Crippen molar-refractivity contribution in [1.29, 1.82) is 0 Å². The van der Waals surface area contributed by atoms with Crippen molar-refractivity contribution in [1.82, 2.24) is 4.57 Å². The Kier molecular flexibility index (Phi) is 10.2. The standard InChI is InChI=1S/C15H29N2O3/c1-3-4-9-18-11-13-20-14-12-19-10-5-6-17-8-7-16(2)15-17/h7-8,15H,3-6,9-14H2,1-2H3/q+1. The maximum absolute atomic E-state index is 5.52. The first-order valence-corrected chi connectivity index (χ1v) is 7.57. The average Bonchev–Trinajstić information content (AvgIpc) is 2.86. The van der Waals surface area contributed by atoms with Gasteiger partial charge in [-0.15, -0.1) is 0 Å². The van der Waals surface area contributed by atoms with Crippen molar-refractivity contribution >= 4 is 0 Å². The van der Waals surface area contributed by atoms with Crippen molar-refractivity contribution in [2.45, 2.75) is 32.7 Å². The number of imidazole rings is 1. The number of nitrogens with zero attached hydrogens (tertiary/aromatic N) is 2. The second kappa shape index (κ2) is 11.9. The van der Waals surface area contributed by atoms with Crippen LogP contribution in [0.5, 0.6) is 0 Å². The van der Waals surface area contributed by atoms with E-state index < -0.39 is 0 Å². The smallest absolute Gasteiger partial charge is 0.243 e. The molecule has 0 bridgehead atoms. The third-order valence-corrected chi connectivity index (χ3v) is 2.91. The van der Waals surface area contributed by atoms with E-state index in [1.165, 1.54) is 6.42 Å². The third-order valence-electron chi connectivity index (χ3n) is 2.91. The highest BCUT2D eigenvalue weighted by atomic mass is 16.5. The van der Waals surface area contributed by atoms with Crippen LogP contribution in [0.4, 0.5) is 0 Å². The molecule has 0 spiro atoms. The van der Waals surface area contributed by atoms with Gasteiger partial charge in [0.1, 0.15) is 12.4 Å². The fourth-order valence-corrected chi connectivity index (χ4v) is 1.77. The lowest BCUT2D eigenvalue weighted by molar-refractivity contribution is -0.671. The van der Waals surface area contributed by atoms with Gasteiger partial charge in [0.2, 0.25) is 6.33 Å². The van der Waals surface area contributed by atoms with Crippen molar-refractivity contribution in [3.8, 4) is 0 Å². The van der Waals surface area contributed by atoms with Gasteiger partial charge in [0, 0.05) is 13.0 Å². The van der Waals surface area contributed by atoms with Crippen LogP contribution in [0.1, 0.15) is 26.2 Å². The molecule has 0 amide bonds. The molecule has 1 aromatic heterocycles. The molecule has 0 saturated heterocycles. The minimum absolute atomic E-state index is 0.648. The number of ether oxygens (including phenoxy) is 3. The minimum Gasteiger partial charge on any atom is -0.379 e. The van der Waals surface area contributed by atoms with Gasteiger partial charge >= 0.3 is 0 Å². The summed E-state index contributed by atoms with van der Waals surface area (Å²) in [6.07, 6.45) is 9.51. The summed E-state index contributed by atoms with van der Waals surface area (Å²) in [7, 11) is 2.02. The van der Waals surface area contributed by atoms with E-state index >= 15 is 0 Å². The highest BCUT2D eigenvalue weighted by Gasteiger charge is 1.99. The maximum atomic E-state index is 5.52. The highest BCUT2D eigenvalue weighted by Crippen LogP contribution is 1.91. The molecule has 0 unspecified atom stereocenters. The largest absolute Gasteiger partial charge is 0.379 e. The van der Waals surface area contributed by atoms with Crippen LogP contribution in [0, 0.1) is 0 Å². The van der Waals surface area contributed by atoms with E-state index in [9.17, 15) is 0 Å². The van der Waals surface area contributed by atoms with E-state index in [4.69, 9.17) is 14.2 Å². The first-order chi connectivity index (χ1) is 9.83. The molecular formula is C15H29N2O3+. The lowest BCUT2D eigenvalue weighted by Crippen LogP contribution is -2.23. The molecule has 1 heterocycles. The quantitative estimate of drug-likeness (QED) is 0.407. The molecule has 20 heavy (non-hydrogen) atoms. The van der Waals surface area contributed by atoms with E-state index in [0.29, 0.717) is 26.4 Å². The van der Waals surface area contributed by atoms with Gasteiger partial charge in [0.15, 0.2) is 0 Å². The van der Waals surface area contributed by atoms with Gasteiger partial charge in [-0.25, -0.2) is 9.13 Å². The lowest BCUT2D eigenvalue weighted by Gasteiger charge is -2.06. The van der Waals surface area contributed by atoms with Crippen molar-refractivity contribution in [3.63, 3.8) is 0 Å². The number of unbranched alkanes of at least 4 members (excludes halogenated alkanes) is 1. The molecule has 0 radical (unpaired) electrons. The molecule has 0 fully saturated rings. The van der Waals surface area contributed by atoms with E-state index in [1.807, 2.05) is 17.8 Å². The van der Waals surface area contributed by atoms with Crippen LogP contribution < -0.4 is 4.57 Å². The van der Waals surface area contributed by atoms with Crippen LogP contribution in [0.3, 0.4) is 0 Å². The van der Waals surface area contributed by atoms with E-state index in [2.05, 4.69) is 24.0 Å². The van der Waals surface area contributed by atoms with E-state index in [0.717, 1.165) is 32.6 Å². The first-order valence-electron chi connectivity index (χ1n) is 7.57. The first kappa shape index (κ1) is 17.1. The van der Waals surface area contributed by atoms with Gasteiger partial charge in [-0.2, -0.15) is 0 Å². The summed E-state index contributed by atoms with van der Waals surface area (Å²) >= 11 is 0. The summed E-state index contributed by atoms with van der Waals surface area (Å²) in [5.74, 6) is 0. The predicted molar refractivity (Wildman–Crippen MR) is 77.6 cm³/mol. The normalized spacial score (nSPS) is 11.1. The van der Waals surface area contributed by atoms with Crippen molar-refractivity contribution in [3.05, 3.63) is 18.7 Å². The summed E-state index contributed by atoms with van der Waals surface area (Å²) in [4.78, 5) is 0. The van der Waals surface area contributed by atoms with Gasteiger partial charge in [-0.1, -0.05) is 13.3 Å². The summed E-state index contributed by atoms with van der Waals surface area (Å²) in [6, 6.07) is 0. The molecule has 0 N–H and O–H groups in total. The number of hydrogen-bond donors (Lipinski definition) is 0. The number of aryl methyl sites for hydroxylation is 2. The van der Waals surface area contributed by atoms with Gasteiger partial charge < -0.3 is 14.2 Å². The second-order valence-corrected chi connectivity index (χ2v) is 4.86. The summed E-state index contributed by atoms with van der Waals surface area (Å²) in [5.41, 5.74) is 0. The predicted octanol–water partition coefficient (Wildman–Crippen LogP) is 1.55. The lowest BCUT2D eigenvalue weighted by atomic mass is 10.4. The van der Waals surface area contributed by atoms with Crippen LogP contribution >= 0.6 is 0 Å². The van der Waals surface area contributed by atoms with Crippen LogP contribution in [-0.4, -0.2) is 44.2 Å². The SMILES string of the molecule is CCCCOCCOCCOCCCn1cc[n+](C)c1. The zero-order chi connectivity index (χ0) is 14.5. The molecule has 0 aromatic carbocycles. The van der Waals surface area contributed by atoms with Gasteiger partial charge in [0.05, 0.1) is 46.6 Å². The molecule has 1 rings (SSSR count). The topological polar surface area (TPSA) is 36.5 Å². The van der Waals surface area contributed by atoms with Crippen LogP contribution in [0.2, 0.25) is 0 Å². The molecule has 5 nitrogen and oxygen atoms in total. The molecule has 1 aromatic rings. The fraction of sp³-hybridized carbons (Fsp3) is 0.800. The van der Waals surface area contributed by atoms with Gasteiger partial charge in [-0.05, 0) is 6.42 Å². The Hall–Kier alpha value is -0.910. The summed E-state index contributed by atoms with van der Waals surface area (Å²) in [5, 5.41) is 0. The second-order valence-electron chi connectivity index (χ2n) is 4.86. The molecule has 0 aliphatic rings. The van der Waals surface area contributed by atoms with Gasteiger partial charge in [-0.3, -0.25) is 0 Å². The minimum atomic E-state index is 0.648. The highest BCUT2D eigenvalue weighted by molar-refractivity contribution is 4.65. The number of hydrogen-bond acceptors (Lipinski definition) is 3. The van der Waals surface area contributed by atoms with Crippen LogP contribution in [-0.2, 0) is 27.8 Å². The summed E-state index contributed by atoms with van der Waals surface area (Å²) < 4.78 is 20.5. The molecule has 0 aliphatic heterocycles. The third kappa shape index (κ3) is 9.07. The Morgan fingerprint density at radius 3 is 2.05 bits per heavy atom.